The Bertz CT molecular complexity index is 792. The summed E-state index contributed by atoms with van der Waals surface area (Å²) >= 11 is 5.81. The molecular weight excluding hydrogens is 384 g/mol. The lowest BCUT2D eigenvalue weighted by Gasteiger charge is -2.29. The maximum atomic E-state index is 13.6. The first-order valence-corrected chi connectivity index (χ1v) is 8.53. The molecule has 148 valence electrons. The Morgan fingerprint density at radius 1 is 1.41 bits per heavy atom. The first-order chi connectivity index (χ1) is 12.6. The molecule has 1 aliphatic carbocycles. The van der Waals surface area contributed by atoms with Crippen molar-refractivity contribution in [3.8, 4) is 0 Å². The van der Waals surface area contributed by atoms with Gasteiger partial charge in [-0.2, -0.15) is 0 Å². The van der Waals surface area contributed by atoms with Gasteiger partial charge in [0.2, 0.25) is 0 Å². The summed E-state index contributed by atoms with van der Waals surface area (Å²) in [7, 11) is 1.37. The maximum absolute atomic E-state index is 13.6. The average Bonchev–Trinajstić information content (AvgIpc) is 2.58. The molecule has 1 aromatic rings. The molecule has 0 amide bonds. The summed E-state index contributed by atoms with van der Waals surface area (Å²) in [5.74, 6) is -2.03. The molecule has 0 bridgehead atoms. The number of nitrogens with zero attached hydrogens (tertiary/aromatic N) is 1. The second-order valence-corrected chi connectivity index (χ2v) is 7.16. The Kier molecular flexibility index (Phi) is 6.67. The molecule has 6 nitrogen and oxygen atoms in total. The van der Waals surface area contributed by atoms with Crippen molar-refractivity contribution in [2.45, 2.75) is 39.7 Å². The van der Waals surface area contributed by atoms with E-state index in [9.17, 15) is 23.5 Å². The molecule has 1 saturated carbocycles. The van der Waals surface area contributed by atoms with Gasteiger partial charge in [-0.15, -0.1) is 0 Å². The molecule has 1 aromatic heterocycles. The normalized spacial score (nSPS) is 18.9. The first kappa shape index (κ1) is 21.4. The van der Waals surface area contributed by atoms with Crippen molar-refractivity contribution in [2.75, 3.05) is 13.9 Å². The van der Waals surface area contributed by atoms with Crippen molar-refractivity contribution in [1.82, 2.24) is 4.98 Å². The predicted molar refractivity (Wildman–Crippen MR) is 93.4 cm³/mol. The number of methoxy groups -OCH3 is 1. The number of Topliss-reactive ketones (excluding diaryl/α,β-unsaturated/α-hetero) is 2. The molecule has 0 aliphatic heterocycles. The van der Waals surface area contributed by atoms with E-state index in [0.717, 1.165) is 6.07 Å². The number of pyridine rings is 1. The van der Waals surface area contributed by atoms with Crippen LogP contribution in [0.15, 0.2) is 11.6 Å². The number of hydrogen-bond acceptors (Lipinski definition) is 6. The third-order valence-electron chi connectivity index (χ3n) is 4.34. The van der Waals surface area contributed by atoms with Crippen LogP contribution in [0.2, 0.25) is 5.15 Å². The highest BCUT2D eigenvalue weighted by atomic mass is 35.5. The number of aliphatic hydroxyl groups excluding tert-OH is 1. The maximum Gasteiger partial charge on any atom is 0.264 e. The van der Waals surface area contributed by atoms with Crippen molar-refractivity contribution in [3.05, 3.63) is 33.6 Å². The smallest absolute Gasteiger partial charge is 0.264 e. The summed E-state index contributed by atoms with van der Waals surface area (Å²) in [6.07, 6.45) is -2.68. The molecule has 1 fully saturated rings. The van der Waals surface area contributed by atoms with E-state index in [2.05, 4.69) is 4.98 Å². The number of rotatable bonds is 6. The van der Waals surface area contributed by atoms with E-state index >= 15 is 0 Å². The number of alkyl halides is 2. The fraction of sp³-hybridized carbons (Fsp3) is 0.500. The van der Waals surface area contributed by atoms with Crippen LogP contribution in [0, 0.1) is 5.41 Å². The molecule has 27 heavy (non-hydrogen) atoms. The van der Waals surface area contributed by atoms with E-state index in [0.29, 0.717) is 6.42 Å². The highest BCUT2D eigenvalue weighted by molar-refractivity contribution is 6.30. The zero-order chi connectivity index (χ0) is 20.4. The van der Waals surface area contributed by atoms with Gasteiger partial charge in [-0.25, -0.2) is 13.8 Å². The molecule has 0 radical (unpaired) electrons. The molecule has 1 aliphatic rings. The quantitative estimate of drug-likeness (QED) is 0.193. The Balaban J connectivity index is 2.70. The lowest BCUT2D eigenvalue weighted by atomic mass is 9.72. The van der Waals surface area contributed by atoms with Gasteiger partial charge in [-0.05, 0) is 12.5 Å². The van der Waals surface area contributed by atoms with E-state index in [4.69, 9.17) is 21.1 Å². The third-order valence-corrected chi connectivity index (χ3v) is 4.53. The van der Waals surface area contributed by atoms with Gasteiger partial charge < -0.3 is 14.6 Å². The number of aliphatic hydroxyl groups is 1. The van der Waals surface area contributed by atoms with Crippen molar-refractivity contribution in [1.29, 1.82) is 0 Å². The standard InChI is InChI=1S/C18H20ClF2NO5/c1-18(2)5-4-11(23)14(16(18)25)15(24)13-9(17(20)21)6-12(19)22-10(13)7-27-8-26-3/h6,17,24H,4-5,7-8H2,1-3H3/b15-14+. The summed E-state index contributed by atoms with van der Waals surface area (Å²) in [5.41, 5.74) is -2.57. The number of ketones is 2. The van der Waals surface area contributed by atoms with Crippen LogP contribution in [0.4, 0.5) is 8.78 Å². The number of hydrogen-bond donors (Lipinski definition) is 1. The van der Waals surface area contributed by atoms with Crippen LogP contribution in [0.5, 0.6) is 0 Å². The molecule has 0 aromatic carbocycles. The van der Waals surface area contributed by atoms with E-state index in [1.54, 1.807) is 13.8 Å². The summed E-state index contributed by atoms with van der Waals surface area (Å²) in [4.78, 5) is 28.9. The second kappa shape index (κ2) is 8.41. The Labute approximate surface area is 160 Å². The topological polar surface area (TPSA) is 85.7 Å². The predicted octanol–water partition coefficient (Wildman–Crippen LogP) is 4.02. The van der Waals surface area contributed by atoms with Crippen LogP contribution < -0.4 is 0 Å². The number of halogens is 3. The van der Waals surface area contributed by atoms with Crippen LogP contribution in [-0.2, 0) is 25.7 Å². The number of ether oxygens (including phenoxy) is 2. The zero-order valence-electron chi connectivity index (χ0n) is 15.1. The average molecular weight is 404 g/mol. The van der Waals surface area contributed by atoms with Crippen LogP contribution in [-0.4, -0.2) is 35.6 Å². The van der Waals surface area contributed by atoms with Crippen LogP contribution in [0.25, 0.3) is 5.76 Å². The fourth-order valence-corrected chi connectivity index (χ4v) is 3.07. The van der Waals surface area contributed by atoms with Crippen molar-refractivity contribution >= 4 is 28.9 Å². The van der Waals surface area contributed by atoms with Gasteiger partial charge in [-0.1, -0.05) is 25.4 Å². The Hall–Kier alpha value is -1.90. The number of carbonyl (C=O) groups excluding carboxylic acids is 2. The molecule has 1 heterocycles. The van der Waals surface area contributed by atoms with Gasteiger partial charge in [0, 0.05) is 24.5 Å². The van der Waals surface area contributed by atoms with E-state index < -0.39 is 45.9 Å². The third kappa shape index (κ3) is 4.51. The lowest BCUT2D eigenvalue weighted by Crippen LogP contribution is -2.35. The largest absolute Gasteiger partial charge is 0.506 e. The van der Waals surface area contributed by atoms with Crippen LogP contribution in [0.3, 0.4) is 0 Å². The monoisotopic (exact) mass is 403 g/mol. The molecule has 0 unspecified atom stereocenters. The van der Waals surface area contributed by atoms with Gasteiger partial charge in [0.15, 0.2) is 11.6 Å². The van der Waals surface area contributed by atoms with Gasteiger partial charge in [0.25, 0.3) is 6.43 Å². The fourth-order valence-electron chi connectivity index (χ4n) is 2.85. The molecular formula is C18H20ClF2NO5. The molecule has 2 rings (SSSR count). The number of aromatic nitrogens is 1. The van der Waals surface area contributed by atoms with Gasteiger partial charge in [0.1, 0.15) is 23.3 Å². The van der Waals surface area contributed by atoms with Gasteiger partial charge in [-0.3, -0.25) is 9.59 Å². The number of allylic oxidation sites excluding steroid dienone is 1. The highest BCUT2D eigenvalue weighted by Crippen LogP contribution is 2.39. The van der Waals surface area contributed by atoms with Crippen LogP contribution in [0.1, 0.15) is 49.9 Å². The minimum Gasteiger partial charge on any atom is -0.506 e. The summed E-state index contributed by atoms with van der Waals surface area (Å²) in [6.45, 7) is 2.80. The van der Waals surface area contributed by atoms with E-state index in [1.807, 2.05) is 0 Å². The highest BCUT2D eigenvalue weighted by Gasteiger charge is 2.41. The zero-order valence-corrected chi connectivity index (χ0v) is 15.9. The van der Waals surface area contributed by atoms with Crippen molar-refractivity contribution in [2.24, 2.45) is 5.41 Å². The SMILES string of the molecule is COCOCc1nc(Cl)cc(C(F)F)c1/C(O)=C1/C(=O)CCC(C)(C)C1=O. The summed E-state index contributed by atoms with van der Waals surface area (Å²) < 4.78 is 37.1. The van der Waals surface area contributed by atoms with Gasteiger partial charge in [0.05, 0.1) is 17.9 Å². The summed E-state index contributed by atoms with van der Waals surface area (Å²) in [5, 5.41) is 10.5. The van der Waals surface area contributed by atoms with Gasteiger partial charge >= 0.3 is 0 Å². The van der Waals surface area contributed by atoms with E-state index in [-0.39, 0.29) is 30.7 Å². The Morgan fingerprint density at radius 3 is 2.67 bits per heavy atom. The number of carbonyl (C=O) groups is 2. The molecule has 1 N–H and O–H groups in total. The first-order valence-electron chi connectivity index (χ1n) is 8.16. The molecule has 0 atom stereocenters. The molecule has 0 spiro atoms. The second-order valence-electron chi connectivity index (χ2n) is 6.77. The van der Waals surface area contributed by atoms with E-state index in [1.165, 1.54) is 7.11 Å². The minimum atomic E-state index is -3.02. The van der Waals surface area contributed by atoms with Crippen molar-refractivity contribution < 1.29 is 33.0 Å². The lowest BCUT2D eigenvalue weighted by molar-refractivity contribution is -0.130. The summed E-state index contributed by atoms with van der Waals surface area (Å²) in [6, 6.07) is 0.890. The van der Waals surface area contributed by atoms with Crippen molar-refractivity contribution in [3.63, 3.8) is 0 Å². The Morgan fingerprint density at radius 2 is 2.07 bits per heavy atom. The van der Waals surface area contributed by atoms with Crippen LogP contribution >= 0.6 is 11.6 Å². The molecule has 0 saturated heterocycles. The minimum absolute atomic E-state index is 0.0265. The molecule has 9 heteroatoms.